The van der Waals surface area contributed by atoms with Crippen LogP contribution in [-0.2, 0) is 0 Å². The van der Waals surface area contributed by atoms with E-state index in [1.807, 2.05) is 6.92 Å². The highest BCUT2D eigenvalue weighted by Gasteiger charge is 2.42. The van der Waals surface area contributed by atoms with Gasteiger partial charge in [-0.05, 0) is 37.1 Å². The molecule has 3 rings (SSSR count). The highest BCUT2D eigenvalue weighted by molar-refractivity contribution is 6.31. The molecule has 0 spiro atoms. The average molecular weight is 323 g/mol. The summed E-state index contributed by atoms with van der Waals surface area (Å²) in [6.07, 6.45) is 2.35. The monoisotopic (exact) mass is 322 g/mol. The molecule has 1 aromatic heterocycles. The number of carbonyl (C=O) groups excluding carboxylic acids is 1. The molecule has 1 aromatic carbocycles. The lowest BCUT2D eigenvalue weighted by Gasteiger charge is -2.07. The number of aromatic nitrogens is 1. The largest absolute Gasteiger partial charge is 0.348 e. The maximum absolute atomic E-state index is 13.6. The number of hydrogen-bond acceptors (Lipinski definition) is 2. The Kier molecular flexibility index (Phi) is 3.83. The third-order valence-electron chi connectivity index (χ3n) is 3.65. The van der Waals surface area contributed by atoms with Crippen LogP contribution in [0.15, 0.2) is 30.5 Å². The highest BCUT2D eigenvalue weighted by Crippen LogP contribution is 2.42. The molecule has 1 aliphatic carbocycles. The van der Waals surface area contributed by atoms with E-state index in [0.29, 0.717) is 17.1 Å². The van der Waals surface area contributed by atoms with Crippen LogP contribution in [0.3, 0.4) is 0 Å². The molecule has 22 heavy (non-hydrogen) atoms. The van der Waals surface area contributed by atoms with Crippen molar-refractivity contribution < 1.29 is 13.6 Å². The molecule has 2 atom stereocenters. The quantitative estimate of drug-likeness (QED) is 0.938. The topological polar surface area (TPSA) is 42.0 Å². The molecule has 1 N–H and O–H groups in total. The molecular formula is C16H13ClF2N2O. The predicted molar refractivity (Wildman–Crippen MR) is 79.0 cm³/mol. The van der Waals surface area contributed by atoms with Crippen LogP contribution in [0.5, 0.6) is 0 Å². The summed E-state index contributed by atoms with van der Waals surface area (Å²) in [5.74, 6) is -2.53. The van der Waals surface area contributed by atoms with Crippen molar-refractivity contribution in [3.63, 3.8) is 0 Å². The number of rotatable bonds is 3. The Morgan fingerprint density at radius 3 is 2.68 bits per heavy atom. The minimum absolute atomic E-state index is 0.0214. The second-order valence-corrected chi connectivity index (χ2v) is 5.81. The Balaban J connectivity index is 1.72. The van der Waals surface area contributed by atoms with Crippen molar-refractivity contribution in [1.82, 2.24) is 10.3 Å². The Labute approximate surface area is 131 Å². The van der Waals surface area contributed by atoms with Gasteiger partial charge in [-0.2, -0.15) is 0 Å². The average Bonchev–Trinajstić information content (AvgIpc) is 3.17. The lowest BCUT2D eigenvalue weighted by molar-refractivity contribution is 0.0942. The van der Waals surface area contributed by atoms with Crippen LogP contribution in [0.2, 0.25) is 5.02 Å². The normalized spacial score (nSPS) is 19.8. The van der Waals surface area contributed by atoms with Crippen molar-refractivity contribution >= 4 is 17.5 Å². The number of hydrogen-bond donors (Lipinski definition) is 1. The number of pyridine rings is 1. The van der Waals surface area contributed by atoms with Crippen molar-refractivity contribution in [3.8, 4) is 0 Å². The van der Waals surface area contributed by atoms with E-state index >= 15 is 0 Å². The van der Waals surface area contributed by atoms with Crippen LogP contribution in [0.1, 0.15) is 34.0 Å². The van der Waals surface area contributed by atoms with Gasteiger partial charge >= 0.3 is 0 Å². The van der Waals surface area contributed by atoms with E-state index in [0.717, 1.165) is 17.7 Å². The van der Waals surface area contributed by atoms with Crippen molar-refractivity contribution in [3.05, 3.63) is 63.9 Å². The first-order valence-corrected chi connectivity index (χ1v) is 7.22. The number of carbonyl (C=O) groups is 1. The molecule has 3 nitrogen and oxygen atoms in total. The second-order valence-electron chi connectivity index (χ2n) is 5.40. The first-order chi connectivity index (χ1) is 10.5. The summed E-state index contributed by atoms with van der Waals surface area (Å²) in [6, 6.07) is 4.93. The zero-order valence-corrected chi connectivity index (χ0v) is 12.5. The van der Waals surface area contributed by atoms with Gasteiger partial charge in [0.25, 0.3) is 5.91 Å². The van der Waals surface area contributed by atoms with Crippen LogP contribution in [0, 0.1) is 18.6 Å². The summed E-state index contributed by atoms with van der Waals surface area (Å²) < 4.78 is 27.1. The first kappa shape index (κ1) is 14.9. The molecule has 1 heterocycles. The molecule has 1 unspecified atom stereocenters. The number of amides is 1. The van der Waals surface area contributed by atoms with Gasteiger partial charge in [-0.25, -0.2) is 8.78 Å². The van der Waals surface area contributed by atoms with Gasteiger partial charge in [0, 0.05) is 18.2 Å². The number of benzene rings is 1. The minimum Gasteiger partial charge on any atom is -0.348 e. The van der Waals surface area contributed by atoms with Gasteiger partial charge in [0.15, 0.2) is 0 Å². The van der Waals surface area contributed by atoms with Gasteiger partial charge in [0.2, 0.25) is 0 Å². The summed E-state index contributed by atoms with van der Waals surface area (Å²) in [6.45, 7) is 1.88. The van der Waals surface area contributed by atoms with E-state index in [1.165, 1.54) is 6.07 Å². The molecule has 6 heteroatoms. The molecule has 0 aliphatic heterocycles. The molecule has 1 saturated carbocycles. The van der Waals surface area contributed by atoms with Crippen LogP contribution in [0.4, 0.5) is 8.78 Å². The Morgan fingerprint density at radius 1 is 1.36 bits per heavy atom. The summed E-state index contributed by atoms with van der Waals surface area (Å²) in [7, 11) is 0. The highest BCUT2D eigenvalue weighted by atomic mass is 35.5. The zero-order valence-electron chi connectivity index (χ0n) is 11.7. The van der Waals surface area contributed by atoms with Gasteiger partial charge in [0.1, 0.15) is 17.2 Å². The molecule has 1 amide bonds. The molecule has 0 bridgehead atoms. The Hall–Kier alpha value is -2.01. The first-order valence-electron chi connectivity index (χ1n) is 6.84. The SMILES string of the molecule is Cc1cnc(C2C[C@H]2NC(=O)c2c(F)cccc2F)c(Cl)c1. The van der Waals surface area contributed by atoms with Crippen molar-refractivity contribution in [2.45, 2.75) is 25.3 Å². The molecule has 1 aliphatic rings. The number of aryl methyl sites for hydroxylation is 1. The summed E-state index contributed by atoms with van der Waals surface area (Å²) in [4.78, 5) is 16.3. The maximum atomic E-state index is 13.6. The van der Waals surface area contributed by atoms with Crippen LogP contribution < -0.4 is 5.32 Å². The minimum atomic E-state index is -0.874. The molecular weight excluding hydrogens is 310 g/mol. The fourth-order valence-corrected chi connectivity index (χ4v) is 2.79. The zero-order chi connectivity index (χ0) is 15.9. The third kappa shape index (κ3) is 2.81. The van der Waals surface area contributed by atoms with E-state index < -0.39 is 23.1 Å². The van der Waals surface area contributed by atoms with E-state index in [4.69, 9.17) is 11.6 Å². The molecule has 0 radical (unpaired) electrons. The van der Waals surface area contributed by atoms with E-state index in [-0.39, 0.29) is 12.0 Å². The van der Waals surface area contributed by atoms with E-state index in [2.05, 4.69) is 10.3 Å². The summed E-state index contributed by atoms with van der Waals surface area (Å²) in [5, 5.41) is 3.17. The van der Waals surface area contributed by atoms with Crippen molar-refractivity contribution in [2.75, 3.05) is 0 Å². The third-order valence-corrected chi connectivity index (χ3v) is 3.96. The van der Waals surface area contributed by atoms with Gasteiger partial charge in [-0.15, -0.1) is 0 Å². The van der Waals surface area contributed by atoms with Gasteiger partial charge in [0.05, 0.1) is 10.7 Å². The Bertz CT molecular complexity index is 731. The lowest BCUT2D eigenvalue weighted by atomic mass is 10.1. The second kappa shape index (κ2) is 5.65. The van der Waals surface area contributed by atoms with Gasteiger partial charge in [-0.3, -0.25) is 9.78 Å². The van der Waals surface area contributed by atoms with Crippen LogP contribution in [0.25, 0.3) is 0 Å². The molecule has 1 fully saturated rings. The number of halogens is 3. The molecule has 114 valence electrons. The fraction of sp³-hybridized carbons (Fsp3) is 0.250. The van der Waals surface area contributed by atoms with E-state index in [9.17, 15) is 13.6 Å². The van der Waals surface area contributed by atoms with Crippen molar-refractivity contribution in [1.29, 1.82) is 0 Å². The standard InChI is InChI=1S/C16H13ClF2N2O/c1-8-5-10(17)15(20-7-8)9-6-13(9)21-16(22)14-11(18)3-2-4-12(14)19/h2-5,7,9,13H,6H2,1H3,(H,21,22)/t9?,13-/m1/s1. The Morgan fingerprint density at radius 2 is 2.05 bits per heavy atom. The van der Waals surface area contributed by atoms with Gasteiger partial charge in [-0.1, -0.05) is 17.7 Å². The number of nitrogens with zero attached hydrogens (tertiary/aromatic N) is 1. The van der Waals surface area contributed by atoms with Crippen LogP contribution in [-0.4, -0.2) is 16.9 Å². The van der Waals surface area contributed by atoms with Crippen molar-refractivity contribution in [2.24, 2.45) is 0 Å². The smallest absolute Gasteiger partial charge is 0.257 e. The predicted octanol–water partition coefficient (Wildman–Crippen LogP) is 3.61. The molecule has 0 saturated heterocycles. The van der Waals surface area contributed by atoms with E-state index in [1.54, 1.807) is 12.3 Å². The number of nitrogens with one attached hydrogen (secondary N) is 1. The van der Waals surface area contributed by atoms with Crippen LogP contribution >= 0.6 is 11.6 Å². The summed E-state index contributed by atoms with van der Waals surface area (Å²) >= 11 is 6.14. The van der Waals surface area contributed by atoms with Gasteiger partial charge < -0.3 is 5.32 Å². The fourth-order valence-electron chi connectivity index (χ4n) is 2.43. The lowest BCUT2D eigenvalue weighted by Crippen LogP contribution is -2.28. The maximum Gasteiger partial charge on any atom is 0.257 e. The molecule has 2 aromatic rings. The summed E-state index contributed by atoms with van der Waals surface area (Å²) in [5.41, 5.74) is 1.09.